The molecule has 2 N–H and O–H groups in total. The van der Waals surface area contributed by atoms with E-state index in [2.05, 4.69) is 15.9 Å². The highest BCUT2D eigenvalue weighted by Crippen LogP contribution is 2.22. The zero-order valence-electron chi connectivity index (χ0n) is 10.9. The van der Waals surface area contributed by atoms with E-state index in [1.54, 1.807) is 6.07 Å². The van der Waals surface area contributed by atoms with Crippen LogP contribution < -0.4 is 5.73 Å². The molecule has 1 aliphatic rings. The van der Waals surface area contributed by atoms with E-state index in [0.29, 0.717) is 19.4 Å². The molecule has 0 aromatic heterocycles. The summed E-state index contributed by atoms with van der Waals surface area (Å²) in [4.78, 5) is 24.9. The predicted octanol–water partition coefficient (Wildman–Crippen LogP) is 2.00. The number of likely N-dealkylation sites (tertiary alicyclic amines) is 1. The Bertz CT molecular complexity index is 536. The van der Waals surface area contributed by atoms with Crippen molar-refractivity contribution in [2.75, 3.05) is 6.54 Å². The molecule has 1 fully saturated rings. The number of halogens is 2. The molecule has 4 nitrogen and oxygen atoms in total. The third-order valence-electron chi connectivity index (χ3n) is 3.52. The van der Waals surface area contributed by atoms with Crippen molar-refractivity contribution in [3.63, 3.8) is 0 Å². The van der Waals surface area contributed by atoms with Crippen LogP contribution in [-0.2, 0) is 16.0 Å². The number of aryl methyl sites for hydroxylation is 1. The minimum absolute atomic E-state index is 0.109. The van der Waals surface area contributed by atoms with Gasteiger partial charge >= 0.3 is 0 Å². The molecule has 1 atom stereocenters. The fourth-order valence-corrected chi connectivity index (χ4v) is 2.93. The third kappa shape index (κ3) is 3.36. The fraction of sp³-hybridized carbons (Fsp3) is 0.429. The van der Waals surface area contributed by atoms with Crippen LogP contribution in [0, 0.1) is 5.82 Å². The molecular weight excluding hydrogens is 327 g/mol. The predicted molar refractivity (Wildman–Crippen MR) is 76.4 cm³/mol. The van der Waals surface area contributed by atoms with Crippen LogP contribution >= 0.6 is 15.9 Å². The molecule has 0 saturated carbocycles. The lowest BCUT2D eigenvalue weighted by Crippen LogP contribution is -2.43. The van der Waals surface area contributed by atoms with Gasteiger partial charge in [0.2, 0.25) is 11.8 Å². The molecule has 2 rings (SSSR count). The smallest absolute Gasteiger partial charge is 0.240 e. The number of hydrogen-bond acceptors (Lipinski definition) is 2. The number of nitrogens with two attached hydrogens (primary N) is 1. The van der Waals surface area contributed by atoms with E-state index in [1.165, 1.54) is 17.0 Å². The molecule has 108 valence electrons. The molecule has 2 amide bonds. The van der Waals surface area contributed by atoms with Crippen molar-refractivity contribution in [1.82, 2.24) is 4.90 Å². The molecule has 0 radical (unpaired) electrons. The molecule has 1 heterocycles. The first kappa shape index (κ1) is 15.0. The van der Waals surface area contributed by atoms with Crippen LogP contribution in [0.5, 0.6) is 0 Å². The van der Waals surface area contributed by atoms with Crippen LogP contribution in [0.15, 0.2) is 22.7 Å². The molecule has 20 heavy (non-hydrogen) atoms. The first-order valence-corrected chi connectivity index (χ1v) is 7.31. The monoisotopic (exact) mass is 342 g/mol. The van der Waals surface area contributed by atoms with Crippen LogP contribution in [0.4, 0.5) is 4.39 Å². The number of rotatable bonds is 4. The minimum Gasteiger partial charge on any atom is -0.368 e. The average molecular weight is 343 g/mol. The van der Waals surface area contributed by atoms with E-state index in [4.69, 9.17) is 5.73 Å². The number of carbonyl (C=O) groups is 2. The van der Waals surface area contributed by atoms with Crippen LogP contribution in [0.2, 0.25) is 0 Å². The Hall–Kier alpha value is -1.43. The summed E-state index contributed by atoms with van der Waals surface area (Å²) < 4.78 is 13.9. The van der Waals surface area contributed by atoms with E-state index in [1.807, 2.05) is 0 Å². The number of benzene rings is 1. The molecule has 0 unspecified atom stereocenters. The number of carbonyl (C=O) groups excluding carboxylic acids is 2. The summed E-state index contributed by atoms with van der Waals surface area (Å²) in [5.41, 5.74) is 6.03. The Morgan fingerprint density at radius 1 is 1.45 bits per heavy atom. The molecule has 0 spiro atoms. The average Bonchev–Trinajstić information content (AvgIpc) is 2.89. The SMILES string of the molecule is NC(=O)[C@@H]1CCCN1C(=O)CCc1cc(F)ccc1Br. The van der Waals surface area contributed by atoms with Crippen molar-refractivity contribution in [3.05, 3.63) is 34.1 Å². The van der Waals surface area contributed by atoms with Gasteiger partial charge < -0.3 is 10.6 Å². The highest BCUT2D eigenvalue weighted by molar-refractivity contribution is 9.10. The number of primary amides is 1. The number of nitrogens with zero attached hydrogens (tertiary/aromatic N) is 1. The summed E-state index contributed by atoms with van der Waals surface area (Å²) in [6, 6.07) is 3.90. The van der Waals surface area contributed by atoms with Crippen molar-refractivity contribution < 1.29 is 14.0 Å². The van der Waals surface area contributed by atoms with Crippen molar-refractivity contribution >= 4 is 27.7 Å². The Morgan fingerprint density at radius 3 is 2.90 bits per heavy atom. The summed E-state index contributed by atoms with van der Waals surface area (Å²) in [6.45, 7) is 0.566. The van der Waals surface area contributed by atoms with E-state index < -0.39 is 11.9 Å². The van der Waals surface area contributed by atoms with Gasteiger partial charge in [0.25, 0.3) is 0 Å². The van der Waals surface area contributed by atoms with Gasteiger partial charge in [-0.1, -0.05) is 15.9 Å². The maximum Gasteiger partial charge on any atom is 0.240 e. The van der Waals surface area contributed by atoms with Crippen LogP contribution in [-0.4, -0.2) is 29.3 Å². The lowest BCUT2D eigenvalue weighted by Gasteiger charge is -2.22. The van der Waals surface area contributed by atoms with Gasteiger partial charge in [0.1, 0.15) is 11.9 Å². The summed E-state index contributed by atoms with van der Waals surface area (Å²) in [6.07, 6.45) is 2.10. The quantitative estimate of drug-likeness (QED) is 0.909. The Morgan fingerprint density at radius 2 is 2.20 bits per heavy atom. The second-order valence-electron chi connectivity index (χ2n) is 4.88. The van der Waals surface area contributed by atoms with E-state index in [-0.39, 0.29) is 18.1 Å². The van der Waals surface area contributed by atoms with Gasteiger partial charge in [0, 0.05) is 17.4 Å². The fourth-order valence-electron chi connectivity index (χ4n) is 2.48. The van der Waals surface area contributed by atoms with Crippen LogP contribution in [0.1, 0.15) is 24.8 Å². The molecule has 0 aliphatic carbocycles. The first-order chi connectivity index (χ1) is 9.49. The maximum atomic E-state index is 13.2. The second-order valence-corrected chi connectivity index (χ2v) is 5.74. The topological polar surface area (TPSA) is 63.4 Å². The minimum atomic E-state index is -0.488. The Kier molecular flexibility index (Phi) is 4.75. The molecule has 1 saturated heterocycles. The zero-order valence-corrected chi connectivity index (χ0v) is 12.5. The van der Waals surface area contributed by atoms with E-state index in [9.17, 15) is 14.0 Å². The summed E-state index contributed by atoms with van der Waals surface area (Å²) in [5, 5.41) is 0. The van der Waals surface area contributed by atoms with E-state index in [0.717, 1.165) is 16.5 Å². The highest BCUT2D eigenvalue weighted by Gasteiger charge is 2.32. The van der Waals surface area contributed by atoms with Crippen molar-refractivity contribution in [1.29, 1.82) is 0 Å². The van der Waals surface area contributed by atoms with Gasteiger partial charge in [-0.05, 0) is 43.0 Å². The summed E-state index contributed by atoms with van der Waals surface area (Å²) in [7, 11) is 0. The molecule has 1 aromatic carbocycles. The lowest BCUT2D eigenvalue weighted by molar-refractivity contribution is -0.137. The molecule has 1 aromatic rings. The van der Waals surface area contributed by atoms with Crippen molar-refractivity contribution in [3.8, 4) is 0 Å². The Labute approximate surface area is 125 Å². The molecular formula is C14H16BrFN2O2. The van der Waals surface area contributed by atoms with Gasteiger partial charge in [0.15, 0.2) is 0 Å². The molecule has 6 heteroatoms. The van der Waals surface area contributed by atoms with Gasteiger partial charge in [-0.2, -0.15) is 0 Å². The van der Waals surface area contributed by atoms with Crippen LogP contribution in [0.3, 0.4) is 0 Å². The number of hydrogen-bond donors (Lipinski definition) is 1. The first-order valence-electron chi connectivity index (χ1n) is 6.51. The second kappa shape index (κ2) is 6.35. The molecule has 0 bridgehead atoms. The largest absolute Gasteiger partial charge is 0.368 e. The summed E-state index contributed by atoms with van der Waals surface area (Å²) in [5.74, 6) is -0.892. The van der Waals surface area contributed by atoms with Gasteiger partial charge in [-0.25, -0.2) is 4.39 Å². The van der Waals surface area contributed by atoms with Crippen molar-refractivity contribution in [2.24, 2.45) is 5.73 Å². The standard InChI is InChI=1S/C14H16BrFN2O2/c15-11-5-4-10(16)8-9(11)3-6-13(19)18-7-1-2-12(18)14(17)20/h4-5,8,12H,1-3,6-7H2,(H2,17,20)/t12-/m0/s1. The third-order valence-corrected chi connectivity index (χ3v) is 4.29. The number of amides is 2. The summed E-state index contributed by atoms with van der Waals surface area (Å²) >= 11 is 3.33. The van der Waals surface area contributed by atoms with Gasteiger partial charge in [0.05, 0.1) is 0 Å². The van der Waals surface area contributed by atoms with Crippen LogP contribution in [0.25, 0.3) is 0 Å². The van der Waals surface area contributed by atoms with Gasteiger partial charge in [-0.3, -0.25) is 9.59 Å². The maximum absolute atomic E-state index is 13.2. The zero-order chi connectivity index (χ0) is 14.7. The lowest BCUT2D eigenvalue weighted by atomic mass is 10.1. The van der Waals surface area contributed by atoms with Crippen molar-refractivity contribution in [2.45, 2.75) is 31.7 Å². The highest BCUT2D eigenvalue weighted by atomic mass is 79.9. The van der Waals surface area contributed by atoms with Gasteiger partial charge in [-0.15, -0.1) is 0 Å². The Balaban J connectivity index is 1.98. The normalized spacial score (nSPS) is 18.3. The molecule has 1 aliphatic heterocycles. The van der Waals surface area contributed by atoms with E-state index >= 15 is 0 Å².